The molecule has 250 valence electrons. The molecule has 1 aromatic carbocycles. The number of anilines is 2. The van der Waals surface area contributed by atoms with Gasteiger partial charge in [-0.1, -0.05) is 12.1 Å². The second kappa shape index (κ2) is 12.1. The van der Waals surface area contributed by atoms with Crippen molar-refractivity contribution in [1.29, 1.82) is 0 Å². The standard InChI is InChI=1S/C35H52N8O3/c1-34(2,3)46-33(45)40-13-11-35(12-14-40)18-26(19-35)41-16-15-39(4)27(22-41)23-43-24-9-10-25(43)21-42(20-24)30-17-29(37-38-32(30)36)28-7-5-6-8-31(28)44/h5-8,17,24-27,44H,9-16,18-23H2,1-4H3,(H2,36,38)/t24?,25?,27-/m0/s1. The fourth-order valence-electron chi connectivity index (χ4n) is 8.79. The third-order valence-electron chi connectivity index (χ3n) is 11.5. The number of carbonyl (C=O) groups excluding carboxylic acids is 1. The van der Waals surface area contributed by atoms with E-state index < -0.39 is 5.60 Å². The maximum absolute atomic E-state index is 12.6. The molecule has 2 aromatic rings. The lowest BCUT2D eigenvalue weighted by atomic mass is 9.60. The van der Waals surface area contributed by atoms with Crippen LogP contribution in [-0.2, 0) is 4.74 Å². The lowest BCUT2D eigenvalue weighted by Crippen LogP contribution is -2.64. The van der Waals surface area contributed by atoms with Gasteiger partial charge in [0.1, 0.15) is 11.4 Å². The van der Waals surface area contributed by atoms with E-state index in [0.29, 0.717) is 46.7 Å². The van der Waals surface area contributed by atoms with Crippen molar-refractivity contribution in [2.45, 2.75) is 89.1 Å². The monoisotopic (exact) mass is 632 g/mol. The van der Waals surface area contributed by atoms with Crippen LogP contribution in [0, 0.1) is 5.41 Å². The summed E-state index contributed by atoms with van der Waals surface area (Å²) in [7, 11) is 2.30. The number of aromatic nitrogens is 2. The first-order valence-corrected chi connectivity index (χ1v) is 17.3. The normalized spacial score (nSPS) is 27.6. The Balaban J connectivity index is 0.939. The van der Waals surface area contributed by atoms with Crippen molar-refractivity contribution < 1.29 is 14.6 Å². The van der Waals surface area contributed by atoms with Crippen molar-refractivity contribution in [3.05, 3.63) is 30.3 Å². The summed E-state index contributed by atoms with van der Waals surface area (Å²) in [6.45, 7) is 13.8. The van der Waals surface area contributed by atoms with Crippen molar-refractivity contribution in [3.63, 3.8) is 0 Å². The Kier molecular flexibility index (Phi) is 8.30. The number of piperidine rings is 1. The van der Waals surface area contributed by atoms with Crippen molar-refractivity contribution in [1.82, 2.24) is 29.8 Å². The summed E-state index contributed by atoms with van der Waals surface area (Å²) in [6.07, 6.45) is 6.97. The minimum atomic E-state index is -0.442. The van der Waals surface area contributed by atoms with Crippen LogP contribution in [-0.4, -0.2) is 130 Å². The molecule has 1 amide bonds. The van der Waals surface area contributed by atoms with Gasteiger partial charge in [-0.3, -0.25) is 14.7 Å². The minimum Gasteiger partial charge on any atom is -0.507 e. The summed E-state index contributed by atoms with van der Waals surface area (Å²) in [4.78, 5) is 25.0. The summed E-state index contributed by atoms with van der Waals surface area (Å²) in [5.74, 6) is 0.646. The van der Waals surface area contributed by atoms with Crippen molar-refractivity contribution in [2.75, 3.05) is 70.0 Å². The Bertz CT molecular complexity index is 1400. The SMILES string of the molecule is CN1CCN(C2CC3(CCN(C(=O)OC(C)(C)C)CC3)C2)C[C@H]1CN1C2CCC1CN(c1cc(-c3ccccc3O)nnc1N)C2. The van der Waals surface area contributed by atoms with Crippen molar-refractivity contribution in [3.8, 4) is 17.0 Å². The number of ether oxygens (including phenoxy) is 1. The number of hydrogen-bond donors (Lipinski definition) is 2. The highest BCUT2D eigenvalue weighted by Crippen LogP contribution is 2.51. The van der Waals surface area contributed by atoms with Crippen LogP contribution in [0.5, 0.6) is 5.75 Å². The maximum atomic E-state index is 12.6. The highest BCUT2D eigenvalue weighted by molar-refractivity contribution is 5.74. The second-order valence-corrected chi connectivity index (χ2v) is 15.7. The number of phenolic OH excluding ortho intramolecular Hbond substituents is 1. The zero-order chi connectivity index (χ0) is 32.2. The summed E-state index contributed by atoms with van der Waals surface area (Å²) in [5, 5.41) is 19.0. The molecule has 46 heavy (non-hydrogen) atoms. The van der Waals surface area contributed by atoms with Gasteiger partial charge in [-0.05, 0) is 90.0 Å². The van der Waals surface area contributed by atoms with Crippen LogP contribution in [0.2, 0.25) is 0 Å². The highest BCUT2D eigenvalue weighted by atomic mass is 16.6. The Morgan fingerprint density at radius 2 is 1.70 bits per heavy atom. The van der Waals surface area contributed by atoms with Crippen LogP contribution in [0.1, 0.15) is 59.3 Å². The molecule has 1 aliphatic carbocycles. The van der Waals surface area contributed by atoms with E-state index in [-0.39, 0.29) is 11.8 Å². The molecule has 11 heteroatoms. The zero-order valence-corrected chi connectivity index (χ0v) is 28.1. The fraction of sp³-hybridized carbons (Fsp3) is 0.686. The number of hydrogen-bond acceptors (Lipinski definition) is 10. The molecule has 3 atom stereocenters. The largest absolute Gasteiger partial charge is 0.507 e. The zero-order valence-electron chi connectivity index (χ0n) is 28.1. The molecule has 2 unspecified atom stereocenters. The van der Waals surface area contributed by atoms with Gasteiger partial charge in [0.25, 0.3) is 0 Å². The molecule has 7 rings (SSSR count). The molecule has 1 aromatic heterocycles. The second-order valence-electron chi connectivity index (χ2n) is 15.7. The van der Waals surface area contributed by atoms with Gasteiger partial charge in [-0.15, -0.1) is 10.2 Å². The number of fused-ring (bicyclic) bond motifs is 2. The number of nitrogen functional groups attached to an aromatic ring is 1. The van der Waals surface area contributed by atoms with E-state index in [2.05, 4.69) is 36.8 Å². The van der Waals surface area contributed by atoms with E-state index in [0.717, 1.165) is 70.9 Å². The van der Waals surface area contributed by atoms with E-state index >= 15 is 0 Å². The van der Waals surface area contributed by atoms with Crippen LogP contribution in [0.25, 0.3) is 11.3 Å². The van der Waals surface area contributed by atoms with Crippen molar-refractivity contribution in [2.24, 2.45) is 5.41 Å². The third-order valence-corrected chi connectivity index (χ3v) is 11.5. The Morgan fingerprint density at radius 1 is 1.00 bits per heavy atom. The number of likely N-dealkylation sites (N-methyl/N-ethyl adjacent to an activating group) is 1. The first kappa shape index (κ1) is 31.4. The molecule has 5 heterocycles. The maximum Gasteiger partial charge on any atom is 0.410 e. The first-order valence-electron chi connectivity index (χ1n) is 17.3. The molecule has 1 saturated carbocycles. The molecule has 4 saturated heterocycles. The molecule has 1 spiro atoms. The quantitative estimate of drug-likeness (QED) is 0.504. The Morgan fingerprint density at radius 3 is 2.37 bits per heavy atom. The number of amides is 1. The number of phenols is 1. The van der Waals surface area contributed by atoms with Crippen LogP contribution in [0.15, 0.2) is 30.3 Å². The number of rotatable bonds is 5. The number of likely N-dealkylation sites (tertiary alicyclic amines) is 1. The number of para-hydroxylation sites is 1. The van der Waals surface area contributed by atoms with E-state index in [9.17, 15) is 9.90 Å². The number of carbonyl (C=O) groups is 1. The molecule has 3 N–H and O–H groups in total. The van der Waals surface area contributed by atoms with Gasteiger partial charge in [0, 0.05) is 82.1 Å². The highest BCUT2D eigenvalue weighted by Gasteiger charge is 2.50. The van der Waals surface area contributed by atoms with E-state index in [4.69, 9.17) is 10.5 Å². The molecular formula is C35H52N8O3. The number of piperazine rings is 2. The van der Waals surface area contributed by atoms with E-state index in [1.54, 1.807) is 6.07 Å². The van der Waals surface area contributed by atoms with Crippen LogP contribution >= 0.6 is 0 Å². The summed E-state index contributed by atoms with van der Waals surface area (Å²) < 4.78 is 5.62. The average Bonchev–Trinajstić information content (AvgIpc) is 3.22. The summed E-state index contributed by atoms with van der Waals surface area (Å²) >= 11 is 0. The minimum absolute atomic E-state index is 0.159. The number of benzene rings is 1. The van der Waals surface area contributed by atoms with Gasteiger partial charge < -0.3 is 25.4 Å². The third kappa shape index (κ3) is 6.25. The molecular weight excluding hydrogens is 580 g/mol. The van der Waals surface area contributed by atoms with Gasteiger partial charge >= 0.3 is 6.09 Å². The molecule has 2 bridgehead atoms. The Hall–Kier alpha value is -3.15. The average molecular weight is 633 g/mol. The van der Waals surface area contributed by atoms with Crippen LogP contribution in [0.3, 0.4) is 0 Å². The van der Waals surface area contributed by atoms with Crippen LogP contribution < -0.4 is 10.6 Å². The van der Waals surface area contributed by atoms with E-state index in [1.807, 2.05) is 49.9 Å². The number of nitrogens with two attached hydrogens (primary N) is 1. The summed E-state index contributed by atoms with van der Waals surface area (Å²) in [5.41, 5.74) is 8.58. The molecule has 5 fully saturated rings. The predicted octanol–water partition coefficient (Wildman–Crippen LogP) is 3.88. The lowest BCUT2D eigenvalue weighted by molar-refractivity contribution is -0.0681. The van der Waals surface area contributed by atoms with Gasteiger partial charge in [0.2, 0.25) is 0 Å². The van der Waals surface area contributed by atoms with Gasteiger partial charge in [-0.2, -0.15) is 0 Å². The molecule has 5 aliphatic rings. The van der Waals surface area contributed by atoms with Crippen molar-refractivity contribution >= 4 is 17.6 Å². The Labute approximate surface area is 273 Å². The van der Waals surface area contributed by atoms with Gasteiger partial charge in [0.15, 0.2) is 5.82 Å². The lowest BCUT2D eigenvalue weighted by Gasteiger charge is -2.57. The van der Waals surface area contributed by atoms with Crippen LogP contribution in [0.4, 0.5) is 16.3 Å². The first-order chi connectivity index (χ1) is 22.0. The van der Waals surface area contributed by atoms with E-state index in [1.165, 1.54) is 25.7 Å². The molecule has 4 aliphatic heterocycles. The fourth-order valence-corrected chi connectivity index (χ4v) is 8.79. The molecule has 11 nitrogen and oxygen atoms in total. The summed E-state index contributed by atoms with van der Waals surface area (Å²) in [6, 6.07) is 11.4. The smallest absolute Gasteiger partial charge is 0.410 e. The molecule has 0 radical (unpaired) electrons. The number of aromatic hydroxyl groups is 1. The number of nitrogens with zero attached hydrogens (tertiary/aromatic N) is 7. The topological polar surface area (TPSA) is 115 Å². The predicted molar refractivity (Wildman–Crippen MR) is 180 cm³/mol. The van der Waals surface area contributed by atoms with Gasteiger partial charge in [-0.25, -0.2) is 4.79 Å². The van der Waals surface area contributed by atoms with Gasteiger partial charge in [0.05, 0.1) is 11.4 Å².